The van der Waals surface area contributed by atoms with Gasteiger partial charge in [0.15, 0.2) is 5.82 Å². The van der Waals surface area contributed by atoms with Crippen molar-refractivity contribution in [1.82, 2.24) is 19.7 Å². The van der Waals surface area contributed by atoms with E-state index in [-0.39, 0.29) is 0 Å². The summed E-state index contributed by atoms with van der Waals surface area (Å²) < 4.78 is 1.75. The van der Waals surface area contributed by atoms with E-state index < -0.39 is 0 Å². The first-order valence-corrected chi connectivity index (χ1v) is 5.06. The molecule has 0 saturated carbocycles. The summed E-state index contributed by atoms with van der Waals surface area (Å²) in [6, 6.07) is 2.02. The third-order valence-corrected chi connectivity index (χ3v) is 2.05. The molecule has 2 aromatic heterocycles. The fraction of sp³-hybridized carbons (Fsp3) is 0.364. The third-order valence-electron chi connectivity index (χ3n) is 2.05. The SMILES string of the molecule is CC(C)Cc1ccn(-c2cnccn2)n1. The summed E-state index contributed by atoms with van der Waals surface area (Å²) in [7, 11) is 0. The fourth-order valence-electron chi connectivity index (χ4n) is 1.43. The smallest absolute Gasteiger partial charge is 0.171 e. The number of hydrogen-bond donors (Lipinski definition) is 0. The van der Waals surface area contributed by atoms with Gasteiger partial charge in [-0.1, -0.05) is 13.8 Å². The second kappa shape index (κ2) is 4.21. The molecule has 4 nitrogen and oxygen atoms in total. The Balaban J connectivity index is 2.21. The fourth-order valence-corrected chi connectivity index (χ4v) is 1.43. The minimum Gasteiger partial charge on any atom is -0.259 e. The van der Waals surface area contributed by atoms with Crippen molar-refractivity contribution >= 4 is 0 Å². The van der Waals surface area contributed by atoms with E-state index in [2.05, 4.69) is 28.9 Å². The average molecular weight is 202 g/mol. The maximum Gasteiger partial charge on any atom is 0.171 e. The molecule has 0 aliphatic carbocycles. The summed E-state index contributed by atoms with van der Waals surface area (Å²) in [6.07, 6.45) is 7.93. The maximum atomic E-state index is 4.43. The van der Waals surface area contributed by atoms with Gasteiger partial charge in [0.2, 0.25) is 0 Å². The van der Waals surface area contributed by atoms with Gasteiger partial charge in [0.25, 0.3) is 0 Å². The highest BCUT2D eigenvalue weighted by atomic mass is 15.3. The van der Waals surface area contributed by atoms with Gasteiger partial charge in [0, 0.05) is 18.6 Å². The molecule has 0 atom stereocenters. The molecule has 2 heterocycles. The van der Waals surface area contributed by atoms with Crippen LogP contribution in [0.1, 0.15) is 19.5 Å². The van der Waals surface area contributed by atoms with Crippen LogP contribution >= 0.6 is 0 Å². The van der Waals surface area contributed by atoms with Gasteiger partial charge in [-0.3, -0.25) is 4.98 Å². The predicted molar refractivity (Wildman–Crippen MR) is 57.7 cm³/mol. The van der Waals surface area contributed by atoms with Crippen molar-refractivity contribution in [2.24, 2.45) is 5.92 Å². The first kappa shape index (κ1) is 9.83. The van der Waals surface area contributed by atoms with E-state index in [1.165, 1.54) is 0 Å². The molecule has 2 rings (SSSR count). The normalized spacial score (nSPS) is 10.9. The highest BCUT2D eigenvalue weighted by molar-refractivity contribution is 5.17. The monoisotopic (exact) mass is 202 g/mol. The van der Waals surface area contributed by atoms with E-state index in [0.29, 0.717) is 5.92 Å². The summed E-state index contributed by atoms with van der Waals surface area (Å²) in [5.41, 5.74) is 1.09. The zero-order valence-electron chi connectivity index (χ0n) is 8.96. The summed E-state index contributed by atoms with van der Waals surface area (Å²) in [5, 5.41) is 4.43. The molecule has 0 aromatic carbocycles. The minimum absolute atomic E-state index is 0.621. The second-order valence-corrected chi connectivity index (χ2v) is 3.91. The molecule has 0 aliphatic rings. The molecule has 0 N–H and O–H groups in total. The lowest BCUT2D eigenvalue weighted by molar-refractivity contribution is 0.627. The van der Waals surface area contributed by atoms with Crippen LogP contribution in [0.3, 0.4) is 0 Å². The summed E-state index contributed by atoms with van der Waals surface area (Å²) in [4.78, 5) is 8.19. The molecule has 78 valence electrons. The summed E-state index contributed by atoms with van der Waals surface area (Å²) >= 11 is 0. The highest BCUT2D eigenvalue weighted by Crippen LogP contribution is 2.07. The Kier molecular flexibility index (Phi) is 2.76. The van der Waals surface area contributed by atoms with E-state index in [1.807, 2.05) is 12.3 Å². The number of rotatable bonds is 3. The van der Waals surface area contributed by atoms with Crippen molar-refractivity contribution in [3.05, 3.63) is 36.5 Å². The van der Waals surface area contributed by atoms with Gasteiger partial charge in [-0.15, -0.1) is 0 Å². The number of aromatic nitrogens is 4. The van der Waals surface area contributed by atoms with Crippen LogP contribution in [0.15, 0.2) is 30.9 Å². The Morgan fingerprint density at radius 3 is 2.87 bits per heavy atom. The van der Waals surface area contributed by atoms with Gasteiger partial charge in [-0.05, 0) is 18.4 Å². The zero-order chi connectivity index (χ0) is 10.7. The lowest BCUT2D eigenvalue weighted by Gasteiger charge is -2.00. The van der Waals surface area contributed by atoms with Crippen LogP contribution < -0.4 is 0 Å². The quantitative estimate of drug-likeness (QED) is 0.763. The van der Waals surface area contributed by atoms with Gasteiger partial charge in [0.1, 0.15) is 0 Å². The standard InChI is InChI=1S/C11H14N4/c1-9(2)7-10-3-6-15(14-10)11-8-12-4-5-13-11/h3-6,8-9H,7H2,1-2H3. The molecular formula is C11H14N4. The van der Waals surface area contributed by atoms with Crippen LogP contribution in [0.4, 0.5) is 0 Å². The number of nitrogens with zero attached hydrogens (tertiary/aromatic N) is 4. The third kappa shape index (κ3) is 2.40. The van der Waals surface area contributed by atoms with Gasteiger partial charge in [-0.2, -0.15) is 5.10 Å². The largest absolute Gasteiger partial charge is 0.259 e. The summed E-state index contributed by atoms with van der Waals surface area (Å²) in [6.45, 7) is 4.36. The zero-order valence-corrected chi connectivity index (χ0v) is 8.96. The van der Waals surface area contributed by atoms with E-state index >= 15 is 0 Å². The van der Waals surface area contributed by atoms with Crippen molar-refractivity contribution in [3.63, 3.8) is 0 Å². The molecule has 4 heteroatoms. The van der Waals surface area contributed by atoms with Crippen molar-refractivity contribution in [3.8, 4) is 5.82 Å². The van der Waals surface area contributed by atoms with Crippen LogP contribution in [0.2, 0.25) is 0 Å². The average Bonchev–Trinajstić information content (AvgIpc) is 2.67. The van der Waals surface area contributed by atoms with E-state index in [9.17, 15) is 0 Å². The van der Waals surface area contributed by atoms with Crippen molar-refractivity contribution in [2.45, 2.75) is 20.3 Å². The first-order chi connectivity index (χ1) is 7.25. The van der Waals surface area contributed by atoms with Gasteiger partial charge in [0.05, 0.1) is 11.9 Å². The van der Waals surface area contributed by atoms with E-state index in [1.54, 1.807) is 23.3 Å². The molecule has 0 fully saturated rings. The predicted octanol–water partition coefficient (Wildman–Crippen LogP) is 1.86. The van der Waals surface area contributed by atoms with E-state index in [4.69, 9.17) is 0 Å². The topological polar surface area (TPSA) is 43.6 Å². The minimum atomic E-state index is 0.621. The van der Waals surface area contributed by atoms with Crippen molar-refractivity contribution in [1.29, 1.82) is 0 Å². The van der Waals surface area contributed by atoms with Crippen LogP contribution in [-0.4, -0.2) is 19.7 Å². The molecule has 15 heavy (non-hydrogen) atoms. The van der Waals surface area contributed by atoms with Gasteiger partial charge in [-0.25, -0.2) is 9.67 Å². The molecule has 0 unspecified atom stereocenters. The maximum absolute atomic E-state index is 4.43. The van der Waals surface area contributed by atoms with Crippen LogP contribution in [0.5, 0.6) is 0 Å². The van der Waals surface area contributed by atoms with E-state index in [0.717, 1.165) is 17.9 Å². The van der Waals surface area contributed by atoms with Crippen LogP contribution in [-0.2, 0) is 6.42 Å². The first-order valence-electron chi connectivity index (χ1n) is 5.06. The van der Waals surface area contributed by atoms with Gasteiger partial charge >= 0.3 is 0 Å². The lowest BCUT2D eigenvalue weighted by Crippen LogP contribution is -2.01. The number of hydrogen-bond acceptors (Lipinski definition) is 3. The molecule has 0 amide bonds. The van der Waals surface area contributed by atoms with Crippen molar-refractivity contribution < 1.29 is 0 Å². The lowest BCUT2D eigenvalue weighted by atomic mass is 10.1. The Bertz CT molecular complexity index is 419. The Morgan fingerprint density at radius 2 is 2.20 bits per heavy atom. The van der Waals surface area contributed by atoms with Crippen LogP contribution in [0.25, 0.3) is 5.82 Å². The Labute approximate surface area is 89.0 Å². The second-order valence-electron chi connectivity index (χ2n) is 3.91. The Hall–Kier alpha value is -1.71. The highest BCUT2D eigenvalue weighted by Gasteiger charge is 2.03. The summed E-state index contributed by atoms with van der Waals surface area (Å²) in [5.74, 6) is 1.38. The van der Waals surface area contributed by atoms with Gasteiger partial charge < -0.3 is 0 Å². The molecular weight excluding hydrogens is 188 g/mol. The van der Waals surface area contributed by atoms with Crippen molar-refractivity contribution in [2.75, 3.05) is 0 Å². The van der Waals surface area contributed by atoms with Crippen LogP contribution in [0, 0.1) is 5.92 Å². The molecule has 0 saturated heterocycles. The molecule has 2 aromatic rings. The molecule has 0 bridgehead atoms. The molecule has 0 radical (unpaired) electrons. The Morgan fingerprint density at radius 1 is 1.33 bits per heavy atom. The molecule has 0 spiro atoms. The molecule has 0 aliphatic heterocycles.